The minimum absolute atomic E-state index is 0.00758. The maximum absolute atomic E-state index is 12.1. The summed E-state index contributed by atoms with van der Waals surface area (Å²) < 4.78 is 0.835. The van der Waals surface area contributed by atoms with Crippen molar-refractivity contribution in [3.05, 3.63) is 69.7 Å². The van der Waals surface area contributed by atoms with E-state index < -0.39 is 11.9 Å². The first-order valence-corrected chi connectivity index (χ1v) is 7.29. The molecule has 2 aromatic rings. The fourth-order valence-electron chi connectivity index (χ4n) is 1.80. The molecule has 0 saturated heterocycles. The summed E-state index contributed by atoms with van der Waals surface area (Å²) in [5, 5.41) is 22.3. The van der Waals surface area contributed by atoms with E-state index >= 15 is 0 Å². The van der Waals surface area contributed by atoms with Crippen LogP contribution in [0.25, 0.3) is 6.08 Å². The standard InChI is InChI=1S/C17H11BrN2O3/c18-14-3-1-2-11(9-14)8-13(10-19)16(21)20-15-6-4-12(5-7-15)17(22)23/h1-9H,(H,20,21)(H,22,23)/p-1/b13-8-. The Hall–Kier alpha value is -2.91. The molecule has 0 aliphatic heterocycles. The molecule has 0 bridgehead atoms. The quantitative estimate of drug-likeness (QED) is 0.661. The van der Waals surface area contributed by atoms with Crippen LogP contribution in [0.5, 0.6) is 0 Å². The third-order valence-corrected chi connectivity index (χ3v) is 3.40. The fraction of sp³-hybridized carbons (Fsp3) is 0. The molecule has 0 radical (unpaired) electrons. The summed E-state index contributed by atoms with van der Waals surface area (Å²) in [5.74, 6) is -1.87. The molecule has 6 heteroatoms. The highest BCUT2D eigenvalue weighted by molar-refractivity contribution is 9.10. The van der Waals surface area contributed by atoms with E-state index in [1.807, 2.05) is 12.1 Å². The van der Waals surface area contributed by atoms with Gasteiger partial charge in [-0.15, -0.1) is 0 Å². The molecule has 23 heavy (non-hydrogen) atoms. The van der Waals surface area contributed by atoms with Crippen LogP contribution in [-0.2, 0) is 4.79 Å². The summed E-state index contributed by atoms with van der Waals surface area (Å²) in [4.78, 5) is 22.8. The average molecular weight is 370 g/mol. The van der Waals surface area contributed by atoms with Crippen LogP contribution < -0.4 is 10.4 Å². The maximum Gasteiger partial charge on any atom is 0.266 e. The Morgan fingerprint density at radius 2 is 1.87 bits per heavy atom. The lowest BCUT2D eigenvalue weighted by Gasteiger charge is -2.06. The van der Waals surface area contributed by atoms with Crippen LogP contribution >= 0.6 is 15.9 Å². The molecule has 0 heterocycles. The van der Waals surface area contributed by atoms with Gasteiger partial charge in [-0.1, -0.05) is 40.2 Å². The zero-order valence-electron chi connectivity index (χ0n) is 11.7. The molecular weight excluding hydrogens is 360 g/mol. The first-order chi connectivity index (χ1) is 11.0. The molecule has 0 aromatic heterocycles. The van der Waals surface area contributed by atoms with E-state index in [1.165, 1.54) is 30.3 Å². The van der Waals surface area contributed by atoms with Gasteiger partial charge in [0, 0.05) is 10.2 Å². The number of carboxylic acid groups (broad SMARTS) is 1. The van der Waals surface area contributed by atoms with Gasteiger partial charge >= 0.3 is 0 Å². The lowest BCUT2D eigenvalue weighted by atomic mass is 10.1. The third kappa shape index (κ3) is 4.53. The van der Waals surface area contributed by atoms with Gasteiger partial charge in [-0.25, -0.2) is 0 Å². The van der Waals surface area contributed by atoms with E-state index in [9.17, 15) is 14.7 Å². The summed E-state index contributed by atoms with van der Waals surface area (Å²) in [6, 6.07) is 14.5. The molecule has 0 unspecified atom stereocenters. The highest BCUT2D eigenvalue weighted by atomic mass is 79.9. The van der Waals surface area contributed by atoms with Crippen molar-refractivity contribution in [2.45, 2.75) is 0 Å². The van der Waals surface area contributed by atoms with Crippen LogP contribution in [-0.4, -0.2) is 11.9 Å². The van der Waals surface area contributed by atoms with Gasteiger partial charge in [0.1, 0.15) is 11.6 Å². The predicted molar refractivity (Wildman–Crippen MR) is 87.1 cm³/mol. The monoisotopic (exact) mass is 369 g/mol. The Balaban J connectivity index is 2.17. The molecule has 2 rings (SSSR count). The Bertz CT molecular complexity index is 820. The van der Waals surface area contributed by atoms with Crippen molar-refractivity contribution in [3.63, 3.8) is 0 Å². The number of carboxylic acids is 1. The number of anilines is 1. The van der Waals surface area contributed by atoms with Gasteiger partial charge in [0.15, 0.2) is 0 Å². The van der Waals surface area contributed by atoms with Crippen LogP contribution in [0.4, 0.5) is 5.69 Å². The minimum atomic E-state index is -1.30. The van der Waals surface area contributed by atoms with E-state index in [4.69, 9.17) is 5.26 Å². The number of hydrogen-bond acceptors (Lipinski definition) is 4. The summed E-state index contributed by atoms with van der Waals surface area (Å²) in [6.07, 6.45) is 1.47. The lowest BCUT2D eigenvalue weighted by Crippen LogP contribution is -2.22. The van der Waals surface area contributed by atoms with E-state index in [-0.39, 0.29) is 11.1 Å². The number of hydrogen-bond donors (Lipinski definition) is 1. The summed E-state index contributed by atoms with van der Waals surface area (Å²) in [5.41, 5.74) is 1.04. The first-order valence-electron chi connectivity index (χ1n) is 6.50. The number of carbonyl (C=O) groups excluding carboxylic acids is 2. The normalized spacial score (nSPS) is 10.7. The molecule has 0 spiro atoms. The van der Waals surface area contributed by atoms with Crippen molar-refractivity contribution in [1.29, 1.82) is 5.26 Å². The minimum Gasteiger partial charge on any atom is -0.545 e. The first kappa shape index (κ1) is 16.5. The second-order valence-electron chi connectivity index (χ2n) is 4.54. The van der Waals surface area contributed by atoms with Crippen molar-refractivity contribution in [1.82, 2.24) is 0 Å². The largest absolute Gasteiger partial charge is 0.545 e. The van der Waals surface area contributed by atoms with Gasteiger partial charge < -0.3 is 15.2 Å². The number of rotatable bonds is 4. The molecule has 0 aliphatic rings. The average Bonchev–Trinajstić information content (AvgIpc) is 2.53. The van der Waals surface area contributed by atoms with Crippen LogP contribution in [0.2, 0.25) is 0 Å². The van der Waals surface area contributed by atoms with Crippen molar-refractivity contribution in [2.24, 2.45) is 0 Å². The number of benzene rings is 2. The summed E-state index contributed by atoms with van der Waals surface area (Å²) >= 11 is 3.32. The molecule has 1 amide bonds. The molecular formula is C17H10BrN2O3-. The number of amides is 1. The Labute approximate surface area is 141 Å². The van der Waals surface area contributed by atoms with Crippen LogP contribution in [0, 0.1) is 11.3 Å². The summed E-state index contributed by atoms with van der Waals surface area (Å²) in [6.45, 7) is 0. The number of aromatic carboxylic acids is 1. The number of nitriles is 1. The second-order valence-corrected chi connectivity index (χ2v) is 5.46. The third-order valence-electron chi connectivity index (χ3n) is 2.90. The molecule has 0 saturated carbocycles. The highest BCUT2D eigenvalue weighted by Gasteiger charge is 2.09. The van der Waals surface area contributed by atoms with Gasteiger partial charge in [0.2, 0.25) is 0 Å². The van der Waals surface area contributed by atoms with Gasteiger partial charge in [-0.3, -0.25) is 4.79 Å². The van der Waals surface area contributed by atoms with Crippen LogP contribution in [0.1, 0.15) is 15.9 Å². The summed E-state index contributed by atoms with van der Waals surface area (Å²) in [7, 11) is 0. The lowest BCUT2D eigenvalue weighted by molar-refractivity contribution is -0.255. The zero-order chi connectivity index (χ0) is 16.8. The Morgan fingerprint density at radius 1 is 1.17 bits per heavy atom. The number of halogens is 1. The van der Waals surface area contributed by atoms with Gasteiger partial charge in [-0.05, 0) is 41.5 Å². The fourth-order valence-corrected chi connectivity index (χ4v) is 2.22. The van der Waals surface area contributed by atoms with E-state index in [1.54, 1.807) is 18.2 Å². The Morgan fingerprint density at radius 3 is 2.43 bits per heavy atom. The van der Waals surface area contributed by atoms with Crippen molar-refractivity contribution in [2.75, 3.05) is 5.32 Å². The van der Waals surface area contributed by atoms with Crippen molar-refractivity contribution >= 4 is 39.6 Å². The molecule has 0 fully saturated rings. The van der Waals surface area contributed by atoms with Crippen molar-refractivity contribution < 1.29 is 14.7 Å². The molecule has 5 nitrogen and oxygen atoms in total. The zero-order valence-corrected chi connectivity index (χ0v) is 13.3. The predicted octanol–water partition coefficient (Wildman–Crippen LogP) is 2.36. The number of carbonyl (C=O) groups is 2. The van der Waals surface area contributed by atoms with Crippen LogP contribution in [0.3, 0.4) is 0 Å². The SMILES string of the molecule is N#C/C(=C/c1cccc(Br)c1)C(=O)Nc1ccc(C(=O)[O-])cc1. The Kier molecular flexibility index (Phi) is 5.28. The maximum atomic E-state index is 12.1. The van der Waals surface area contributed by atoms with E-state index in [2.05, 4.69) is 21.2 Å². The van der Waals surface area contributed by atoms with E-state index in [0.717, 1.165) is 4.47 Å². The molecule has 114 valence electrons. The smallest absolute Gasteiger partial charge is 0.266 e. The second kappa shape index (κ2) is 7.38. The number of nitrogens with zero attached hydrogens (tertiary/aromatic N) is 1. The highest BCUT2D eigenvalue weighted by Crippen LogP contribution is 2.16. The van der Waals surface area contributed by atoms with E-state index in [0.29, 0.717) is 11.3 Å². The number of nitrogens with one attached hydrogen (secondary N) is 1. The van der Waals surface area contributed by atoms with Gasteiger partial charge in [0.05, 0.1) is 5.97 Å². The molecule has 0 atom stereocenters. The topological polar surface area (TPSA) is 93.0 Å². The van der Waals surface area contributed by atoms with Crippen LogP contribution in [0.15, 0.2) is 58.6 Å². The van der Waals surface area contributed by atoms with Gasteiger partial charge in [-0.2, -0.15) is 5.26 Å². The molecule has 0 aliphatic carbocycles. The van der Waals surface area contributed by atoms with Crippen molar-refractivity contribution in [3.8, 4) is 6.07 Å². The molecule has 2 aromatic carbocycles. The van der Waals surface area contributed by atoms with Gasteiger partial charge in [0.25, 0.3) is 5.91 Å². The molecule has 1 N–H and O–H groups in total.